The Kier molecular flexibility index (Phi) is 6.43. The lowest BCUT2D eigenvalue weighted by Crippen LogP contribution is -2.37. The Bertz CT molecular complexity index is 1430. The summed E-state index contributed by atoms with van der Waals surface area (Å²) in [5.41, 5.74) is -0.0667. The van der Waals surface area contributed by atoms with Crippen LogP contribution in [0.25, 0.3) is 11.1 Å². The summed E-state index contributed by atoms with van der Waals surface area (Å²) in [5.74, 6) is 0.240. The number of amides is 2. The minimum Gasteiger partial charge on any atom is -0.444 e. The maximum Gasteiger partial charge on any atom is 0.414 e. The zero-order valence-electron chi connectivity index (χ0n) is 22.1. The number of anilines is 1. The Morgan fingerprint density at radius 2 is 2.05 bits per heavy atom. The molecule has 10 nitrogen and oxygen atoms in total. The molecule has 4 heterocycles. The van der Waals surface area contributed by atoms with Crippen molar-refractivity contribution in [1.29, 1.82) is 0 Å². The van der Waals surface area contributed by atoms with Gasteiger partial charge in [0.15, 0.2) is 0 Å². The fourth-order valence-electron chi connectivity index (χ4n) is 5.58. The van der Waals surface area contributed by atoms with Crippen LogP contribution in [0.2, 0.25) is 0 Å². The average molecular weight is 571 g/mol. The Morgan fingerprint density at radius 1 is 1.27 bits per heavy atom. The summed E-state index contributed by atoms with van der Waals surface area (Å²) < 4.78 is 42.8. The van der Waals surface area contributed by atoms with Gasteiger partial charge in [-0.25, -0.2) is 23.1 Å². The molecule has 1 N–H and O–H groups in total. The zero-order chi connectivity index (χ0) is 28.2. The van der Waals surface area contributed by atoms with Gasteiger partial charge in [-0.05, 0) is 44.7 Å². The minimum atomic E-state index is -0.819. The molecule has 1 aliphatic carbocycles. The molecule has 3 fully saturated rings. The number of nitrogens with one attached hydrogen (secondary N) is 1. The van der Waals surface area contributed by atoms with Crippen LogP contribution >= 0.6 is 11.8 Å². The highest BCUT2D eigenvalue weighted by molar-refractivity contribution is 7.99. The van der Waals surface area contributed by atoms with Crippen LogP contribution < -0.4 is 10.2 Å². The highest BCUT2D eigenvalue weighted by Crippen LogP contribution is 2.61. The fraction of sp³-hybridized carbons (Fsp3) is 0.444. The molecule has 1 aromatic carbocycles. The van der Waals surface area contributed by atoms with Crippen molar-refractivity contribution in [2.45, 2.75) is 50.5 Å². The number of ether oxygens (including phenoxy) is 2. The summed E-state index contributed by atoms with van der Waals surface area (Å²) in [5, 5.41) is 10.5. The molecule has 210 valence electrons. The number of fused-ring (bicyclic) bond motifs is 1. The molecule has 0 spiro atoms. The molecular formula is C27H28F2N6O4S. The topological polar surface area (TPSA) is 111 Å². The molecule has 0 bridgehead atoms. The number of nitrogens with zero attached hydrogens (tertiary/aromatic N) is 5. The van der Waals surface area contributed by atoms with E-state index in [1.807, 2.05) is 20.8 Å². The number of carbonyl (C=O) groups is 2. The minimum absolute atomic E-state index is 0.0631. The maximum absolute atomic E-state index is 15.3. The van der Waals surface area contributed by atoms with Crippen molar-refractivity contribution >= 4 is 29.6 Å². The van der Waals surface area contributed by atoms with Gasteiger partial charge in [0.05, 0.1) is 30.5 Å². The van der Waals surface area contributed by atoms with Gasteiger partial charge >= 0.3 is 12.2 Å². The van der Waals surface area contributed by atoms with Crippen LogP contribution in [0.4, 0.5) is 24.1 Å². The highest BCUT2D eigenvalue weighted by atomic mass is 32.2. The van der Waals surface area contributed by atoms with Crippen molar-refractivity contribution in [3.05, 3.63) is 60.2 Å². The van der Waals surface area contributed by atoms with Crippen LogP contribution in [-0.4, -0.2) is 68.0 Å². The number of halogens is 2. The third-order valence-electron chi connectivity index (χ3n) is 7.42. The van der Waals surface area contributed by atoms with E-state index in [-0.39, 0.29) is 47.3 Å². The molecule has 2 aliphatic heterocycles. The number of thioether (sulfide) groups is 1. The summed E-state index contributed by atoms with van der Waals surface area (Å²) in [7, 11) is 0. The van der Waals surface area contributed by atoms with E-state index in [0.717, 1.165) is 29.3 Å². The van der Waals surface area contributed by atoms with Crippen molar-refractivity contribution in [1.82, 2.24) is 25.3 Å². The lowest BCUT2D eigenvalue weighted by atomic mass is 9.98. The number of pyridine rings is 1. The monoisotopic (exact) mass is 570 g/mol. The van der Waals surface area contributed by atoms with Gasteiger partial charge in [0.1, 0.15) is 23.3 Å². The van der Waals surface area contributed by atoms with Crippen molar-refractivity contribution in [2.75, 3.05) is 23.0 Å². The Balaban J connectivity index is 1.18. The van der Waals surface area contributed by atoms with E-state index in [2.05, 4.69) is 20.6 Å². The molecule has 3 aromatic rings. The van der Waals surface area contributed by atoms with Crippen LogP contribution in [0.3, 0.4) is 0 Å². The Hall–Kier alpha value is -3.74. The van der Waals surface area contributed by atoms with Crippen molar-refractivity contribution in [2.24, 2.45) is 5.92 Å². The van der Waals surface area contributed by atoms with Gasteiger partial charge in [-0.2, -0.15) is 11.8 Å². The van der Waals surface area contributed by atoms with Crippen LogP contribution in [-0.2, 0) is 21.4 Å². The van der Waals surface area contributed by atoms with Crippen LogP contribution in [0.15, 0.2) is 42.9 Å². The van der Waals surface area contributed by atoms with Gasteiger partial charge in [0, 0.05) is 46.8 Å². The lowest BCUT2D eigenvalue weighted by Gasteiger charge is -2.21. The first-order chi connectivity index (χ1) is 19.0. The smallest absolute Gasteiger partial charge is 0.414 e. The van der Waals surface area contributed by atoms with E-state index < -0.39 is 35.5 Å². The first-order valence-electron chi connectivity index (χ1n) is 12.9. The van der Waals surface area contributed by atoms with Gasteiger partial charge in [0.25, 0.3) is 0 Å². The number of aromatic nitrogens is 4. The molecule has 40 heavy (non-hydrogen) atoms. The Morgan fingerprint density at radius 3 is 2.70 bits per heavy atom. The number of benzene rings is 1. The highest BCUT2D eigenvalue weighted by Gasteiger charge is 2.69. The van der Waals surface area contributed by atoms with Crippen LogP contribution in [0.5, 0.6) is 0 Å². The molecule has 2 aromatic heterocycles. The van der Waals surface area contributed by atoms with E-state index in [1.54, 1.807) is 30.1 Å². The fourth-order valence-corrected chi connectivity index (χ4v) is 7.32. The van der Waals surface area contributed by atoms with Gasteiger partial charge in [0.2, 0.25) is 0 Å². The second kappa shape index (κ2) is 9.72. The van der Waals surface area contributed by atoms with Gasteiger partial charge in [-0.15, -0.1) is 5.10 Å². The summed E-state index contributed by atoms with van der Waals surface area (Å²) in [6.45, 7) is 5.83. The second-order valence-corrected chi connectivity index (χ2v) is 12.3. The first-order valence-corrected chi connectivity index (χ1v) is 14.1. The normalized spacial score (nSPS) is 25.5. The van der Waals surface area contributed by atoms with Crippen molar-refractivity contribution in [3.63, 3.8) is 0 Å². The van der Waals surface area contributed by atoms with E-state index in [1.165, 1.54) is 22.0 Å². The largest absolute Gasteiger partial charge is 0.444 e. The molecule has 13 heteroatoms. The summed E-state index contributed by atoms with van der Waals surface area (Å²) in [6, 6.07) is 5.54. The molecule has 3 aliphatic rings. The number of carbonyl (C=O) groups excluding carboxylic acids is 2. The number of hydrogen-bond donors (Lipinski definition) is 1. The number of hydrogen-bond acceptors (Lipinski definition) is 8. The average Bonchev–Trinajstić information content (AvgIpc) is 3.38. The molecular weight excluding hydrogens is 542 g/mol. The SMILES string of the molecule is CC(C)(C)OC(=O)NC1[C@H]2CSC[C@]12c1ccc(-c2c(F)cc(N3C[C@H](Cn4ccnn4)OC3=O)cc2F)cn1. The van der Waals surface area contributed by atoms with E-state index in [4.69, 9.17) is 9.47 Å². The summed E-state index contributed by atoms with van der Waals surface area (Å²) in [4.78, 5) is 30.6. The molecule has 0 radical (unpaired) electrons. The molecule has 1 unspecified atom stereocenters. The number of cyclic esters (lactones) is 1. The molecule has 1 saturated carbocycles. The van der Waals surface area contributed by atoms with Gasteiger partial charge in [-0.1, -0.05) is 11.3 Å². The quantitative estimate of drug-likeness (QED) is 0.471. The predicted octanol–water partition coefficient (Wildman–Crippen LogP) is 4.15. The van der Waals surface area contributed by atoms with Crippen LogP contribution in [0, 0.1) is 17.6 Å². The van der Waals surface area contributed by atoms with Crippen molar-refractivity contribution < 1.29 is 27.8 Å². The third-order valence-corrected chi connectivity index (χ3v) is 8.70. The van der Waals surface area contributed by atoms with E-state index in [9.17, 15) is 9.59 Å². The summed E-state index contributed by atoms with van der Waals surface area (Å²) >= 11 is 1.79. The van der Waals surface area contributed by atoms with Gasteiger partial charge < -0.3 is 14.8 Å². The number of alkyl carbamates (subject to hydrolysis) is 1. The second-order valence-electron chi connectivity index (χ2n) is 11.2. The first kappa shape index (κ1) is 26.5. The van der Waals surface area contributed by atoms with Gasteiger partial charge in [-0.3, -0.25) is 9.88 Å². The molecule has 4 atom stereocenters. The predicted molar refractivity (Wildman–Crippen MR) is 143 cm³/mol. The number of rotatable bonds is 6. The molecule has 2 amide bonds. The molecule has 6 rings (SSSR count). The lowest BCUT2D eigenvalue weighted by molar-refractivity contribution is 0.0518. The zero-order valence-corrected chi connectivity index (χ0v) is 23.0. The third kappa shape index (κ3) is 4.76. The maximum atomic E-state index is 15.3. The van der Waals surface area contributed by atoms with Crippen LogP contribution in [0.1, 0.15) is 26.5 Å². The van der Waals surface area contributed by atoms with Crippen molar-refractivity contribution in [3.8, 4) is 11.1 Å². The van der Waals surface area contributed by atoms with E-state index >= 15 is 8.78 Å². The standard InChI is InChI=1S/C27H28F2N6O4S/c1-26(2,3)39-24(36)32-23-18-13-40-14-27(18,23)21-5-4-15(10-30-21)22-19(28)8-16(9-20(22)29)35-12-17(38-25(35)37)11-34-7-6-31-33-34/h4-10,17-18,23H,11-14H2,1-3H3,(H,32,36)/t17-,18+,23?,27-/m0/s1. The van der Waals surface area contributed by atoms with E-state index in [0.29, 0.717) is 0 Å². The molecule has 2 saturated heterocycles. The summed E-state index contributed by atoms with van der Waals surface area (Å²) in [6.07, 6.45) is 2.90. The Labute approximate surface area is 233 Å².